The highest BCUT2D eigenvalue weighted by atomic mass is 19.1. The number of nitrogens with one attached hydrogen (secondary N) is 1. The molecule has 1 N–H and O–H groups in total. The number of aromatic nitrogens is 4. The number of halogens is 1. The maximum Gasteiger partial charge on any atom is 0.229 e. The molecular formula is C18H19FN6O. The van der Waals surface area contributed by atoms with Gasteiger partial charge in [-0.3, -0.25) is 4.79 Å². The minimum atomic E-state index is -0.322. The molecule has 1 fully saturated rings. The zero-order valence-corrected chi connectivity index (χ0v) is 14.4. The number of carbonyl (C=O) groups excluding carboxylic acids is 1. The molecule has 7 nitrogen and oxygen atoms in total. The highest BCUT2D eigenvalue weighted by Crippen LogP contribution is 2.23. The number of hydrogen-bond acceptors (Lipinski definition) is 5. The molecule has 0 spiro atoms. The van der Waals surface area contributed by atoms with Crippen LogP contribution in [-0.2, 0) is 4.79 Å². The maximum atomic E-state index is 13.0. The summed E-state index contributed by atoms with van der Waals surface area (Å²) in [6.07, 6.45) is 1.72. The topological polar surface area (TPSA) is 75.4 Å². The molecule has 1 aliphatic heterocycles. The van der Waals surface area contributed by atoms with Gasteiger partial charge in [0.05, 0.1) is 5.92 Å². The van der Waals surface area contributed by atoms with Crippen molar-refractivity contribution in [2.45, 2.75) is 19.8 Å². The molecular weight excluding hydrogens is 335 g/mol. The smallest absolute Gasteiger partial charge is 0.229 e. The van der Waals surface area contributed by atoms with Gasteiger partial charge < -0.3 is 10.2 Å². The molecule has 3 aromatic rings. The van der Waals surface area contributed by atoms with Crippen molar-refractivity contribution < 1.29 is 9.18 Å². The van der Waals surface area contributed by atoms with Crippen LogP contribution >= 0.6 is 0 Å². The summed E-state index contributed by atoms with van der Waals surface area (Å²) in [5.41, 5.74) is 1.31. The van der Waals surface area contributed by atoms with Crippen molar-refractivity contribution in [3.05, 3.63) is 48.0 Å². The van der Waals surface area contributed by atoms with Crippen LogP contribution in [0, 0.1) is 18.7 Å². The zero-order valence-electron chi connectivity index (χ0n) is 14.4. The quantitative estimate of drug-likeness (QED) is 0.782. The third-order valence-corrected chi connectivity index (χ3v) is 4.63. The number of fused-ring (bicyclic) bond motifs is 1. The van der Waals surface area contributed by atoms with Crippen molar-refractivity contribution in [3.8, 4) is 0 Å². The molecule has 1 atom stereocenters. The third-order valence-electron chi connectivity index (χ3n) is 4.63. The van der Waals surface area contributed by atoms with E-state index in [1.165, 1.54) is 12.1 Å². The van der Waals surface area contributed by atoms with E-state index >= 15 is 0 Å². The molecule has 2 aromatic heterocycles. The van der Waals surface area contributed by atoms with Gasteiger partial charge in [0.1, 0.15) is 11.6 Å². The molecule has 134 valence electrons. The molecule has 0 saturated carbocycles. The summed E-state index contributed by atoms with van der Waals surface area (Å²) >= 11 is 0. The van der Waals surface area contributed by atoms with Crippen LogP contribution in [0.4, 0.5) is 15.9 Å². The Morgan fingerprint density at radius 2 is 2.00 bits per heavy atom. The maximum absolute atomic E-state index is 13.0. The van der Waals surface area contributed by atoms with Crippen molar-refractivity contribution in [2.24, 2.45) is 5.92 Å². The Morgan fingerprint density at radius 3 is 2.81 bits per heavy atom. The molecule has 1 saturated heterocycles. The van der Waals surface area contributed by atoms with Gasteiger partial charge in [-0.1, -0.05) is 0 Å². The molecule has 0 radical (unpaired) electrons. The predicted molar refractivity (Wildman–Crippen MR) is 95.5 cm³/mol. The number of piperidine rings is 1. The van der Waals surface area contributed by atoms with Gasteiger partial charge in [0, 0.05) is 18.8 Å². The van der Waals surface area contributed by atoms with Gasteiger partial charge in [0.15, 0.2) is 11.5 Å². The third kappa shape index (κ3) is 3.22. The summed E-state index contributed by atoms with van der Waals surface area (Å²) in [6, 6.07) is 9.59. The molecule has 1 amide bonds. The van der Waals surface area contributed by atoms with Gasteiger partial charge >= 0.3 is 0 Å². The van der Waals surface area contributed by atoms with Gasteiger partial charge in [0.2, 0.25) is 5.91 Å². The molecule has 1 aromatic carbocycles. The molecule has 3 heterocycles. The van der Waals surface area contributed by atoms with Gasteiger partial charge in [-0.05, 0) is 56.2 Å². The SMILES string of the molecule is Cc1nnc2ccc(N3CCC[C@@H](C(=O)Nc4ccc(F)cc4)C3)nn12. The first kappa shape index (κ1) is 16.4. The van der Waals surface area contributed by atoms with Crippen molar-refractivity contribution in [1.29, 1.82) is 0 Å². The number of benzene rings is 1. The second-order valence-corrected chi connectivity index (χ2v) is 6.49. The van der Waals surface area contributed by atoms with E-state index in [9.17, 15) is 9.18 Å². The molecule has 4 rings (SSSR count). The number of hydrogen-bond donors (Lipinski definition) is 1. The Balaban J connectivity index is 1.48. The van der Waals surface area contributed by atoms with E-state index in [0.29, 0.717) is 17.9 Å². The fourth-order valence-electron chi connectivity index (χ4n) is 3.23. The minimum Gasteiger partial charge on any atom is -0.354 e. The minimum absolute atomic E-state index is 0.0529. The lowest BCUT2D eigenvalue weighted by molar-refractivity contribution is -0.120. The fraction of sp³-hybridized carbons (Fsp3) is 0.333. The fourth-order valence-corrected chi connectivity index (χ4v) is 3.23. The molecule has 0 aliphatic carbocycles. The van der Waals surface area contributed by atoms with Crippen molar-refractivity contribution in [2.75, 3.05) is 23.3 Å². The van der Waals surface area contributed by atoms with Crippen molar-refractivity contribution >= 4 is 23.1 Å². The summed E-state index contributed by atoms with van der Waals surface area (Å²) < 4.78 is 14.7. The highest BCUT2D eigenvalue weighted by Gasteiger charge is 2.27. The van der Waals surface area contributed by atoms with Crippen LogP contribution in [0.3, 0.4) is 0 Å². The van der Waals surface area contributed by atoms with E-state index in [1.54, 1.807) is 16.6 Å². The first-order chi connectivity index (χ1) is 12.6. The Morgan fingerprint density at radius 1 is 1.19 bits per heavy atom. The van der Waals surface area contributed by atoms with Crippen LogP contribution in [0.5, 0.6) is 0 Å². The molecule has 0 bridgehead atoms. The van der Waals surface area contributed by atoms with Crippen molar-refractivity contribution in [1.82, 2.24) is 19.8 Å². The largest absolute Gasteiger partial charge is 0.354 e. The Hall–Kier alpha value is -3.03. The summed E-state index contributed by atoms with van der Waals surface area (Å²) in [6.45, 7) is 3.29. The van der Waals surface area contributed by atoms with Crippen LogP contribution in [0.1, 0.15) is 18.7 Å². The normalized spacial score (nSPS) is 17.5. The lowest BCUT2D eigenvalue weighted by atomic mass is 9.97. The number of rotatable bonds is 3. The number of aryl methyl sites for hydroxylation is 1. The number of amides is 1. The summed E-state index contributed by atoms with van der Waals surface area (Å²) in [5, 5.41) is 15.5. The van der Waals surface area contributed by atoms with Crippen LogP contribution < -0.4 is 10.2 Å². The van der Waals surface area contributed by atoms with Gasteiger partial charge in [-0.25, -0.2) is 4.39 Å². The lowest BCUT2D eigenvalue weighted by Crippen LogP contribution is -2.41. The summed E-state index contributed by atoms with van der Waals surface area (Å²) in [4.78, 5) is 14.7. The Bertz CT molecular complexity index is 939. The number of anilines is 2. The lowest BCUT2D eigenvalue weighted by Gasteiger charge is -2.32. The van der Waals surface area contributed by atoms with E-state index in [1.807, 2.05) is 19.1 Å². The first-order valence-corrected chi connectivity index (χ1v) is 8.60. The number of carbonyl (C=O) groups is 1. The van der Waals surface area contributed by atoms with E-state index in [4.69, 9.17) is 0 Å². The molecule has 26 heavy (non-hydrogen) atoms. The van der Waals surface area contributed by atoms with E-state index in [2.05, 4.69) is 25.5 Å². The zero-order chi connectivity index (χ0) is 18.1. The van der Waals surface area contributed by atoms with Crippen molar-refractivity contribution in [3.63, 3.8) is 0 Å². The van der Waals surface area contributed by atoms with Gasteiger partial charge in [0.25, 0.3) is 0 Å². The van der Waals surface area contributed by atoms with E-state index in [-0.39, 0.29) is 17.6 Å². The van der Waals surface area contributed by atoms with Crippen LogP contribution in [0.25, 0.3) is 5.65 Å². The van der Waals surface area contributed by atoms with E-state index < -0.39 is 0 Å². The van der Waals surface area contributed by atoms with Crippen LogP contribution in [0.2, 0.25) is 0 Å². The molecule has 1 aliphatic rings. The number of nitrogens with zero attached hydrogens (tertiary/aromatic N) is 5. The first-order valence-electron chi connectivity index (χ1n) is 8.60. The molecule has 8 heteroatoms. The summed E-state index contributed by atoms with van der Waals surface area (Å²) in [5.74, 6) is 1.01. The second-order valence-electron chi connectivity index (χ2n) is 6.49. The average Bonchev–Trinajstić information content (AvgIpc) is 3.04. The summed E-state index contributed by atoms with van der Waals surface area (Å²) in [7, 11) is 0. The Kier molecular flexibility index (Phi) is 4.24. The monoisotopic (exact) mass is 354 g/mol. The average molecular weight is 354 g/mol. The standard InChI is InChI=1S/C18H19FN6O/c1-12-21-22-16-8-9-17(23-25(12)16)24-10-2-3-13(11-24)18(26)20-15-6-4-14(19)5-7-15/h4-9,13H,2-3,10-11H2,1H3,(H,20,26)/t13-/m1/s1. The van der Waals surface area contributed by atoms with E-state index in [0.717, 1.165) is 31.0 Å². The molecule has 0 unspecified atom stereocenters. The van der Waals surface area contributed by atoms with Gasteiger partial charge in [-0.15, -0.1) is 15.3 Å². The van der Waals surface area contributed by atoms with Crippen LogP contribution in [0.15, 0.2) is 36.4 Å². The predicted octanol–water partition coefficient (Wildman–Crippen LogP) is 2.43. The van der Waals surface area contributed by atoms with Gasteiger partial charge in [-0.2, -0.15) is 4.52 Å². The second kappa shape index (κ2) is 6.70. The highest BCUT2D eigenvalue weighted by molar-refractivity contribution is 5.93. The Labute approximate surface area is 149 Å². The van der Waals surface area contributed by atoms with Crippen LogP contribution in [-0.4, -0.2) is 38.8 Å².